The molecule has 0 fully saturated rings. The molecule has 42 heavy (non-hydrogen) atoms. The summed E-state index contributed by atoms with van der Waals surface area (Å²) >= 11 is 0. The van der Waals surface area contributed by atoms with Gasteiger partial charge in [-0.1, -0.05) is 118 Å². The van der Waals surface area contributed by atoms with Crippen LogP contribution in [0.3, 0.4) is 0 Å². The number of phenolic OH excluding ortho intramolecular Hbond substituents is 1. The molecule has 0 radical (unpaired) electrons. The zero-order valence-corrected chi connectivity index (χ0v) is 27.8. The Morgan fingerprint density at radius 1 is 0.857 bits per heavy atom. The molecule has 0 saturated heterocycles. The molecular formula is C37H56N4O. The number of phenols is 1. The minimum atomic E-state index is 0.337. The van der Waals surface area contributed by atoms with Crippen LogP contribution in [-0.2, 0) is 0 Å². The van der Waals surface area contributed by atoms with Crippen molar-refractivity contribution < 1.29 is 5.11 Å². The smallest absolute Gasteiger partial charge is 0.115 e. The first-order valence-corrected chi connectivity index (χ1v) is 15.0. The summed E-state index contributed by atoms with van der Waals surface area (Å²) in [5.74, 6) is 1.82. The van der Waals surface area contributed by atoms with Gasteiger partial charge in [-0.3, -0.25) is 15.7 Å². The summed E-state index contributed by atoms with van der Waals surface area (Å²) in [6.07, 6.45) is 6.28. The van der Waals surface area contributed by atoms with Gasteiger partial charge in [0.05, 0.1) is 24.3 Å². The van der Waals surface area contributed by atoms with Crippen molar-refractivity contribution in [2.75, 3.05) is 4.90 Å². The Hall–Kier alpha value is -3.91. The molecule has 5 nitrogen and oxygen atoms in total. The van der Waals surface area contributed by atoms with E-state index in [-0.39, 0.29) is 0 Å². The molecule has 0 spiro atoms. The van der Waals surface area contributed by atoms with E-state index < -0.39 is 0 Å². The average molecular weight is 573 g/mol. The number of nitriles is 1. The second-order valence-corrected chi connectivity index (χ2v) is 11.2. The van der Waals surface area contributed by atoms with E-state index in [2.05, 4.69) is 48.5 Å². The number of rotatable bonds is 7. The van der Waals surface area contributed by atoms with E-state index in [1.807, 2.05) is 81.4 Å². The van der Waals surface area contributed by atoms with Gasteiger partial charge in [-0.25, -0.2) is 0 Å². The fourth-order valence-electron chi connectivity index (χ4n) is 3.79. The third kappa shape index (κ3) is 20.0. The molecule has 0 saturated carbocycles. The van der Waals surface area contributed by atoms with Crippen LogP contribution in [0.2, 0.25) is 0 Å². The monoisotopic (exact) mass is 572 g/mol. The van der Waals surface area contributed by atoms with E-state index in [0.717, 1.165) is 29.8 Å². The Balaban J connectivity index is 0. The lowest BCUT2D eigenvalue weighted by molar-refractivity contribution is 0.282. The second kappa shape index (κ2) is 23.8. The van der Waals surface area contributed by atoms with Crippen molar-refractivity contribution in [1.82, 2.24) is 0 Å². The first-order chi connectivity index (χ1) is 19.9. The highest BCUT2D eigenvalue weighted by atomic mass is 16.3. The van der Waals surface area contributed by atoms with Gasteiger partial charge in [0.15, 0.2) is 0 Å². The van der Waals surface area contributed by atoms with Crippen molar-refractivity contribution >= 4 is 18.4 Å². The summed E-state index contributed by atoms with van der Waals surface area (Å²) in [5, 5.41) is 31.3. The summed E-state index contributed by atoms with van der Waals surface area (Å²) in [6, 6.07) is 26.2. The van der Waals surface area contributed by atoms with Gasteiger partial charge in [-0.2, -0.15) is 5.26 Å². The van der Waals surface area contributed by atoms with Crippen LogP contribution in [0, 0.1) is 40.4 Å². The standard InChI is InChI=1S/C10H22.C9H11N3.C9H12O.C7H5N.C2H6/c1-6-9(7-2)8-10(3,4)5;1-8-3-2-4-9(5-8)12(6-10)7-11;1-7(2)8-3-5-9(10)6-4-8;8-6-7-4-2-1-3-5-7;1-2/h9H,6-8H2,1-5H3;2-7,10-11H,1H3;3-7,10H,1-2H3;1-5H;1-2H3. The molecule has 3 N–H and O–H groups in total. The largest absolute Gasteiger partial charge is 0.508 e. The molecule has 0 aromatic heterocycles. The molecule has 3 aromatic carbocycles. The number of aromatic hydroxyl groups is 1. The van der Waals surface area contributed by atoms with E-state index in [1.165, 1.54) is 29.7 Å². The van der Waals surface area contributed by atoms with Crippen molar-refractivity contribution in [1.29, 1.82) is 16.1 Å². The van der Waals surface area contributed by atoms with Gasteiger partial charge in [0, 0.05) is 5.69 Å². The van der Waals surface area contributed by atoms with Crippen LogP contribution in [-0.4, -0.2) is 17.8 Å². The lowest BCUT2D eigenvalue weighted by Crippen LogP contribution is -2.17. The second-order valence-electron chi connectivity index (χ2n) is 11.2. The Morgan fingerprint density at radius 2 is 1.38 bits per heavy atom. The van der Waals surface area contributed by atoms with Crippen LogP contribution in [0.5, 0.6) is 5.75 Å². The van der Waals surface area contributed by atoms with Gasteiger partial charge in [0.2, 0.25) is 0 Å². The van der Waals surface area contributed by atoms with Crippen LogP contribution in [0.4, 0.5) is 5.69 Å². The predicted molar refractivity (Wildman–Crippen MR) is 184 cm³/mol. The van der Waals surface area contributed by atoms with Gasteiger partial charge < -0.3 is 5.11 Å². The van der Waals surface area contributed by atoms with Crippen LogP contribution >= 0.6 is 0 Å². The average Bonchev–Trinajstić information content (AvgIpc) is 2.99. The summed E-state index contributed by atoms with van der Waals surface area (Å²) in [4.78, 5) is 1.44. The van der Waals surface area contributed by atoms with Crippen molar-refractivity contribution in [2.45, 2.75) is 94.4 Å². The molecule has 5 heteroatoms. The molecule has 0 bridgehead atoms. The van der Waals surface area contributed by atoms with E-state index in [1.54, 1.807) is 24.3 Å². The van der Waals surface area contributed by atoms with Gasteiger partial charge in [0.25, 0.3) is 0 Å². The van der Waals surface area contributed by atoms with Crippen molar-refractivity contribution in [3.8, 4) is 11.8 Å². The zero-order valence-electron chi connectivity index (χ0n) is 27.8. The maximum atomic E-state index is 8.94. The fourth-order valence-corrected chi connectivity index (χ4v) is 3.79. The SMILES string of the molecule is CC.CC(C)c1ccc(O)cc1.CCC(CC)CC(C)(C)C.Cc1cccc(N(C=N)C=N)c1.N#Cc1ccccc1. The third-order valence-corrected chi connectivity index (χ3v) is 6.10. The van der Waals surface area contributed by atoms with Gasteiger partial charge in [0.1, 0.15) is 5.75 Å². The van der Waals surface area contributed by atoms with Crippen molar-refractivity contribution in [3.05, 3.63) is 95.6 Å². The summed E-state index contributed by atoms with van der Waals surface area (Å²) < 4.78 is 0. The molecule has 0 aliphatic heterocycles. The number of benzene rings is 3. The summed E-state index contributed by atoms with van der Waals surface area (Å²) in [6.45, 7) is 21.8. The normalized spacial score (nSPS) is 9.69. The van der Waals surface area contributed by atoms with Crippen LogP contribution in [0.25, 0.3) is 0 Å². The van der Waals surface area contributed by atoms with Gasteiger partial charge in [-0.15, -0.1) is 0 Å². The number of nitrogens with zero attached hydrogens (tertiary/aromatic N) is 2. The lowest BCUT2D eigenvalue weighted by Gasteiger charge is -2.23. The number of aryl methyl sites for hydroxylation is 1. The van der Waals surface area contributed by atoms with Gasteiger partial charge >= 0.3 is 0 Å². The highest BCUT2D eigenvalue weighted by Gasteiger charge is 2.15. The maximum Gasteiger partial charge on any atom is 0.115 e. The first kappa shape index (κ1) is 40.2. The lowest BCUT2D eigenvalue weighted by atomic mass is 9.82. The Labute approximate surface area is 257 Å². The van der Waals surface area contributed by atoms with E-state index in [0.29, 0.717) is 22.6 Å². The van der Waals surface area contributed by atoms with Crippen LogP contribution < -0.4 is 4.90 Å². The van der Waals surface area contributed by atoms with Crippen LogP contribution in [0.15, 0.2) is 78.9 Å². The topological polar surface area (TPSA) is 95.0 Å². The molecule has 0 aliphatic carbocycles. The van der Waals surface area contributed by atoms with Crippen LogP contribution in [0.1, 0.15) is 104 Å². The molecule has 0 atom stereocenters. The fraction of sp³-hybridized carbons (Fsp3) is 0.432. The molecule has 0 amide bonds. The predicted octanol–water partition coefficient (Wildman–Crippen LogP) is 11.0. The number of nitrogens with one attached hydrogen (secondary N) is 2. The van der Waals surface area contributed by atoms with Gasteiger partial charge in [-0.05, 0) is 78.1 Å². The quantitative estimate of drug-likeness (QED) is 0.194. The minimum Gasteiger partial charge on any atom is -0.508 e. The molecule has 0 aliphatic rings. The maximum absolute atomic E-state index is 8.94. The third-order valence-electron chi connectivity index (χ3n) is 6.10. The van der Waals surface area contributed by atoms with E-state index in [9.17, 15) is 0 Å². The number of hydrogen-bond acceptors (Lipinski definition) is 4. The zero-order chi connectivity index (χ0) is 32.6. The van der Waals surface area contributed by atoms with Crippen molar-refractivity contribution in [2.24, 2.45) is 11.3 Å². The molecule has 3 aromatic rings. The molecule has 0 unspecified atom stereocenters. The number of anilines is 1. The van der Waals surface area contributed by atoms with E-state index in [4.69, 9.17) is 21.2 Å². The summed E-state index contributed by atoms with van der Waals surface area (Å²) in [7, 11) is 0. The van der Waals surface area contributed by atoms with E-state index >= 15 is 0 Å². The Morgan fingerprint density at radius 3 is 1.71 bits per heavy atom. The number of hydrogen-bond donors (Lipinski definition) is 3. The molecular weight excluding hydrogens is 516 g/mol. The molecule has 0 heterocycles. The van der Waals surface area contributed by atoms with Crippen molar-refractivity contribution in [3.63, 3.8) is 0 Å². The molecule has 230 valence electrons. The highest BCUT2D eigenvalue weighted by Crippen LogP contribution is 2.27. The Bertz CT molecular complexity index is 1110. The highest BCUT2D eigenvalue weighted by molar-refractivity contribution is 5.97. The summed E-state index contributed by atoms with van der Waals surface area (Å²) in [5.41, 5.74) is 4.47. The first-order valence-electron chi connectivity index (χ1n) is 15.0. The minimum absolute atomic E-state index is 0.337. The Kier molecular flexibility index (Phi) is 22.8. The molecule has 3 rings (SSSR count).